The van der Waals surface area contributed by atoms with Crippen LogP contribution in [0, 0.1) is 16.0 Å². The van der Waals surface area contributed by atoms with E-state index < -0.39 is 0 Å². The molecule has 3 aromatic rings. The molecule has 5 rings (SSSR count). The Morgan fingerprint density at radius 1 is 1.09 bits per heavy atom. The van der Waals surface area contributed by atoms with Crippen LogP contribution in [0.5, 0.6) is 5.75 Å². The normalized spacial score (nSPS) is 18.7. The highest BCUT2D eigenvalue weighted by molar-refractivity contribution is 5.84. The van der Waals surface area contributed by atoms with Gasteiger partial charge in [-0.15, -0.1) is 0 Å². The van der Waals surface area contributed by atoms with Gasteiger partial charge in [-0.05, 0) is 34.4 Å². The minimum Gasteiger partial charge on any atom is -0.497 e. The van der Waals surface area contributed by atoms with Gasteiger partial charge < -0.3 is 15.0 Å². The van der Waals surface area contributed by atoms with Crippen molar-refractivity contribution in [1.29, 1.82) is 0 Å². The predicted octanol–water partition coefficient (Wildman–Crippen LogP) is 4.93. The zero-order chi connectivity index (χ0) is 23.7. The topological polar surface area (TPSA) is 93.4 Å². The average Bonchev–Trinajstić information content (AvgIpc) is 3.27. The Morgan fingerprint density at radius 3 is 2.65 bits per heavy atom. The summed E-state index contributed by atoms with van der Waals surface area (Å²) in [6, 6.07) is 16.6. The molecule has 0 radical (unpaired) electrons. The van der Waals surface area contributed by atoms with Gasteiger partial charge in [0.05, 0.1) is 18.1 Å². The van der Waals surface area contributed by atoms with Gasteiger partial charge in [-0.25, -0.2) is 9.97 Å². The van der Waals surface area contributed by atoms with E-state index in [0.717, 1.165) is 39.7 Å². The molecular formula is C26H23N5O3. The molecule has 1 aromatic heterocycles. The summed E-state index contributed by atoms with van der Waals surface area (Å²) in [5.41, 5.74) is 4.06. The van der Waals surface area contributed by atoms with Crippen molar-refractivity contribution in [3.63, 3.8) is 0 Å². The number of ether oxygens (including phenoxy) is 1. The lowest BCUT2D eigenvalue weighted by molar-refractivity contribution is -0.384. The highest BCUT2D eigenvalue weighted by atomic mass is 16.6. The number of methoxy groups -OCH3 is 1. The molecule has 8 heteroatoms. The van der Waals surface area contributed by atoms with E-state index in [0.29, 0.717) is 0 Å². The number of nitro groups is 1. The van der Waals surface area contributed by atoms with Crippen molar-refractivity contribution in [2.24, 2.45) is 5.92 Å². The first kappa shape index (κ1) is 21.4. The summed E-state index contributed by atoms with van der Waals surface area (Å²) in [4.78, 5) is 21.8. The molecule has 1 aliphatic heterocycles. The smallest absolute Gasteiger partial charge is 0.270 e. The lowest BCUT2D eigenvalue weighted by Crippen LogP contribution is -2.31. The second-order valence-electron chi connectivity index (χ2n) is 8.04. The first-order valence-electron chi connectivity index (χ1n) is 10.9. The lowest BCUT2D eigenvalue weighted by atomic mass is 9.84. The number of anilines is 2. The van der Waals surface area contributed by atoms with Crippen LogP contribution in [-0.4, -0.2) is 35.1 Å². The quantitative estimate of drug-likeness (QED) is 0.418. The molecule has 2 heterocycles. The van der Waals surface area contributed by atoms with Crippen LogP contribution in [0.25, 0.3) is 11.1 Å². The van der Waals surface area contributed by atoms with Crippen molar-refractivity contribution in [1.82, 2.24) is 9.97 Å². The first-order chi connectivity index (χ1) is 16.6. The maximum atomic E-state index is 11.3. The summed E-state index contributed by atoms with van der Waals surface area (Å²) >= 11 is 0. The molecule has 8 nitrogen and oxygen atoms in total. The number of nitro benzene ring substituents is 1. The molecule has 1 aliphatic carbocycles. The third-order valence-corrected chi connectivity index (χ3v) is 6.15. The molecule has 0 fully saturated rings. The van der Waals surface area contributed by atoms with Crippen LogP contribution in [-0.2, 0) is 0 Å². The molecule has 0 saturated heterocycles. The third kappa shape index (κ3) is 3.90. The van der Waals surface area contributed by atoms with Crippen LogP contribution >= 0.6 is 0 Å². The molecule has 34 heavy (non-hydrogen) atoms. The molecule has 0 spiro atoms. The van der Waals surface area contributed by atoms with Gasteiger partial charge in [0.15, 0.2) is 0 Å². The van der Waals surface area contributed by atoms with Crippen molar-refractivity contribution in [3.8, 4) is 5.75 Å². The second kappa shape index (κ2) is 8.82. The van der Waals surface area contributed by atoms with Gasteiger partial charge in [-0.1, -0.05) is 42.5 Å². The van der Waals surface area contributed by atoms with E-state index in [1.807, 2.05) is 37.4 Å². The predicted molar refractivity (Wildman–Crippen MR) is 133 cm³/mol. The molecule has 2 atom stereocenters. The number of allylic oxidation sites excluding steroid dienone is 2. The summed E-state index contributed by atoms with van der Waals surface area (Å²) in [6.45, 7) is 0. The monoisotopic (exact) mass is 453 g/mol. The fourth-order valence-corrected chi connectivity index (χ4v) is 4.41. The van der Waals surface area contributed by atoms with Crippen LogP contribution in [0.1, 0.15) is 11.1 Å². The van der Waals surface area contributed by atoms with Crippen LogP contribution < -0.4 is 15.0 Å². The number of hydrogen-bond donors (Lipinski definition) is 1. The number of hydrogen-bond acceptors (Lipinski definition) is 7. The molecule has 0 saturated carbocycles. The molecular weight excluding hydrogens is 430 g/mol. The zero-order valence-electron chi connectivity index (χ0n) is 18.8. The molecule has 0 bridgehead atoms. The summed E-state index contributed by atoms with van der Waals surface area (Å²) in [5.74, 6) is 2.38. The molecule has 1 N–H and O–H groups in total. The molecule has 2 aromatic carbocycles. The maximum absolute atomic E-state index is 11.3. The summed E-state index contributed by atoms with van der Waals surface area (Å²) in [5, 5.41) is 14.3. The number of non-ortho nitro benzene ring substituents is 1. The van der Waals surface area contributed by atoms with Gasteiger partial charge in [0.1, 0.15) is 23.7 Å². The fourth-order valence-electron chi connectivity index (χ4n) is 4.41. The van der Waals surface area contributed by atoms with E-state index in [-0.39, 0.29) is 22.6 Å². The van der Waals surface area contributed by atoms with Gasteiger partial charge >= 0.3 is 0 Å². The van der Waals surface area contributed by atoms with Crippen molar-refractivity contribution in [2.75, 3.05) is 24.4 Å². The SMILES string of the molecule is CNc1cc(N2C=C(c3ccc(OC)cc3)C3C=CC(c4cccc([N+](=O)[O-])c4)=CC32)ncn1. The highest BCUT2D eigenvalue weighted by Crippen LogP contribution is 2.43. The van der Waals surface area contributed by atoms with Gasteiger partial charge in [0.25, 0.3) is 5.69 Å². The maximum Gasteiger partial charge on any atom is 0.270 e. The summed E-state index contributed by atoms with van der Waals surface area (Å²) < 4.78 is 5.32. The number of aromatic nitrogens is 2. The number of rotatable bonds is 6. The molecule has 170 valence electrons. The van der Waals surface area contributed by atoms with E-state index in [1.165, 1.54) is 6.07 Å². The number of fused-ring (bicyclic) bond motifs is 1. The van der Waals surface area contributed by atoms with Gasteiger partial charge in [0.2, 0.25) is 0 Å². The standard InChI is InChI=1S/C26H23N5O3/c1-27-25-14-26(29-16-28-25)30-15-23(17-6-9-21(34-2)10-7-17)22-11-8-19(13-24(22)30)18-4-3-5-20(12-18)31(32)33/h3-16,22,24H,1-2H3,(H,27,28,29). The van der Waals surface area contributed by atoms with Crippen molar-refractivity contribution < 1.29 is 9.66 Å². The number of benzene rings is 2. The Labute approximate surface area is 197 Å². The van der Waals surface area contributed by atoms with Crippen LogP contribution in [0.15, 0.2) is 85.4 Å². The van der Waals surface area contributed by atoms with Gasteiger partial charge in [-0.3, -0.25) is 10.1 Å². The Morgan fingerprint density at radius 2 is 1.91 bits per heavy atom. The average molecular weight is 454 g/mol. The molecule has 0 amide bonds. The third-order valence-electron chi connectivity index (χ3n) is 6.15. The summed E-state index contributed by atoms with van der Waals surface area (Å²) in [7, 11) is 3.47. The van der Waals surface area contributed by atoms with Crippen molar-refractivity contribution >= 4 is 28.5 Å². The fraction of sp³-hybridized carbons (Fsp3) is 0.154. The molecule has 2 unspecified atom stereocenters. The van der Waals surface area contributed by atoms with Crippen molar-refractivity contribution in [2.45, 2.75) is 6.04 Å². The number of nitrogens with zero attached hydrogens (tertiary/aromatic N) is 4. The van der Waals surface area contributed by atoms with E-state index in [2.05, 4.69) is 50.7 Å². The first-order valence-corrected chi connectivity index (χ1v) is 10.9. The second-order valence-corrected chi connectivity index (χ2v) is 8.04. The largest absolute Gasteiger partial charge is 0.497 e. The Hall–Kier alpha value is -4.46. The summed E-state index contributed by atoms with van der Waals surface area (Å²) in [6.07, 6.45) is 10.0. The van der Waals surface area contributed by atoms with Gasteiger partial charge in [0, 0.05) is 37.4 Å². The Balaban J connectivity index is 1.57. The van der Waals surface area contributed by atoms with Crippen molar-refractivity contribution in [3.05, 3.63) is 107 Å². The van der Waals surface area contributed by atoms with E-state index in [9.17, 15) is 10.1 Å². The minimum atomic E-state index is -0.370. The number of nitrogens with one attached hydrogen (secondary N) is 1. The highest BCUT2D eigenvalue weighted by Gasteiger charge is 2.36. The lowest BCUT2D eigenvalue weighted by Gasteiger charge is -2.29. The van der Waals surface area contributed by atoms with Crippen LogP contribution in [0.3, 0.4) is 0 Å². The van der Waals surface area contributed by atoms with Crippen LogP contribution in [0.4, 0.5) is 17.3 Å². The van der Waals surface area contributed by atoms with E-state index in [1.54, 1.807) is 25.6 Å². The minimum absolute atomic E-state index is 0.0454. The van der Waals surface area contributed by atoms with E-state index in [4.69, 9.17) is 4.74 Å². The Kier molecular flexibility index (Phi) is 5.55. The van der Waals surface area contributed by atoms with E-state index >= 15 is 0 Å². The zero-order valence-corrected chi connectivity index (χ0v) is 18.8. The van der Waals surface area contributed by atoms with Gasteiger partial charge in [-0.2, -0.15) is 0 Å². The van der Waals surface area contributed by atoms with Crippen LogP contribution in [0.2, 0.25) is 0 Å². The molecule has 2 aliphatic rings. The Bertz CT molecular complexity index is 1330.